The van der Waals surface area contributed by atoms with Gasteiger partial charge in [0.2, 0.25) is 0 Å². The molecule has 2 amide bonds. The van der Waals surface area contributed by atoms with Gasteiger partial charge < -0.3 is 14.5 Å². The Morgan fingerprint density at radius 3 is 2.70 bits per heavy atom. The number of nitrogens with zero attached hydrogens (tertiary/aromatic N) is 3. The SMILES string of the molecule is COc1ccc(CN2CCN(C)C(=O)C2=O)cc1C#N. The van der Waals surface area contributed by atoms with Gasteiger partial charge in [-0.25, -0.2) is 0 Å². The largest absolute Gasteiger partial charge is 0.495 e. The summed E-state index contributed by atoms with van der Waals surface area (Å²) in [5.41, 5.74) is 1.21. The Labute approximate surface area is 117 Å². The number of ether oxygens (including phenoxy) is 1. The summed E-state index contributed by atoms with van der Waals surface area (Å²) < 4.78 is 5.07. The highest BCUT2D eigenvalue weighted by atomic mass is 16.5. The van der Waals surface area contributed by atoms with E-state index < -0.39 is 11.8 Å². The van der Waals surface area contributed by atoms with Crippen LogP contribution in [0, 0.1) is 11.3 Å². The summed E-state index contributed by atoms with van der Waals surface area (Å²) in [5.74, 6) is -0.504. The third kappa shape index (κ3) is 2.57. The minimum absolute atomic E-state index is 0.317. The van der Waals surface area contributed by atoms with E-state index in [4.69, 9.17) is 10.00 Å². The molecule has 1 fully saturated rings. The standard InChI is InChI=1S/C14H15N3O3/c1-16-5-6-17(14(19)13(16)18)9-10-3-4-12(20-2)11(7-10)8-15/h3-4,7H,5-6,9H2,1-2H3. The second-order valence-corrected chi connectivity index (χ2v) is 4.60. The second kappa shape index (κ2) is 5.61. The first-order valence-corrected chi connectivity index (χ1v) is 6.18. The molecule has 0 aliphatic carbocycles. The van der Waals surface area contributed by atoms with Crippen molar-refractivity contribution in [1.29, 1.82) is 5.26 Å². The van der Waals surface area contributed by atoms with Gasteiger partial charge in [-0.2, -0.15) is 5.26 Å². The van der Waals surface area contributed by atoms with E-state index in [0.717, 1.165) is 5.56 Å². The van der Waals surface area contributed by atoms with E-state index in [2.05, 4.69) is 0 Å². The fourth-order valence-corrected chi connectivity index (χ4v) is 2.08. The van der Waals surface area contributed by atoms with E-state index in [9.17, 15) is 9.59 Å². The highest BCUT2D eigenvalue weighted by Gasteiger charge is 2.30. The van der Waals surface area contributed by atoms with Gasteiger partial charge in [-0.3, -0.25) is 9.59 Å². The van der Waals surface area contributed by atoms with Gasteiger partial charge in [0.1, 0.15) is 11.8 Å². The number of hydrogen-bond acceptors (Lipinski definition) is 4. The highest BCUT2D eigenvalue weighted by molar-refractivity contribution is 6.35. The lowest BCUT2D eigenvalue weighted by atomic mass is 10.1. The second-order valence-electron chi connectivity index (χ2n) is 4.60. The summed E-state index contributed by atoms with van der Waals surface area (Å²) in [4.78, 5) is 26.4. The van der Waals surface area contributed by atoms with Crippen molar-refractivity contribution in [3.05, 3.63) is 29.3 Å². The van der Waals surface area contributed by atoms with Crippen molar-refractivity contribution in [3.63, 3.8) is 0 Å². The van der Waals surface area contributed by atoms with Crippen LogP contribution in [0.15, 0.2) is 18.2 Å². The lowest BCUT2D eigenvalue weighted by molar-refractivity contribution is -0.155. The van der Waals surface area contributed by atoms with Crippen LogP contribution in [0.2, 0.25) is 0 Å². The molecule has 20 heavy (non-hydrogen) atoms. The van der Waals surface area contributed by atoms with Gasteiger partial charge in [0.05, 0.1) is 12.7 Å². The maximum Gasteiger partial charge on any atom is 0.312 e. The van der Waals surface area contributed by atoms with Crippen molar-refractivity contribution in [2.24, 2.45) is 0 Å². The van der Waals surface area contributed by atoms with E-state index in [1.165, 1.54) is 16.9 Å². The van der Waals surface area contributed by atoms with Gasteiger partial charge in [-0.15, -0.1) is 0 Å². The molecule has 1 heterocycles. The van der Waals surface area contributed by atoms with Gasteiger partial charge in [0, 0.05) is 26.7 Å². The first-order chi connectivity index (χ1) is 9.56. The summed E-state index contributed by atoms with van der Waals surface area (Å²) in [6, 6.07) is 7.20. The summed E-state index contributed by atoms with van der Waals surface area (Å²) in [6.45, 7) is 1.33. The molecule has 1 saturated heterocycles. The molecule has 6 heteroatoms. The average Bonchev–Trinajstić information content (AvgIpc) is 2.47. The van der Waals surface area contributed by atoms with Crippen molar-refractivity contribution in [3.8, 4) is 11.8 Å². The summed E-state index contributed by atoms with van der Waals surface area (Å²) in [5, 5.41) is 9.04. The van der Waals surface area contributed by atoms with Crippen LogP contribution in [0.25, 0.3) is 0 Å². The molecule has 6 nitrogen and oxygen atoms in total. The first kappa shape index (κ1) is 13.9. The quantitative estimate of drug-likeness (QED) is 0.746. The number of hydrogen-bond donors (Lipinski definition) is 0. The molecule has 1 aromatic rings. The minimum Gasteiger partial charge on any atom is -0.495 e. The number of amides is 2. The molecule has 0 aromatic heterocycles. The van der Waals surface area contributed by atoms with Gasteiger partial charge in [0.15, 0.2) is 0 Å². The minimum atomic E-state index is -0.506. The molecule has 0 spiro atoms. The number of piperazine rings is 1. The number of benzene rings is 1. The Kier molecular flexibility index (Phi) is 3.89. The third-order valence-corrected chi connectivity index (χ3v) is 3.28. The topological polar surface area (TPSA) is 73.6 Å². The molecular formula is C14H15N3O3. The molecule has 1 aliphatic rings. The summed E-state index contributed by atoms with van der Waals surface area (Å²) in [7, 11) is 3.11. The number of rotatable bonds is 3. The summed E-state index contributed by atoms with van der Waals surface area (Å²) in [6.07, 6.45) is 0. The van der Waals surface area contributed by atoms with Crippen LogP contribution in [0.5, 0.6) is 5.75 Å². The highest BCUT2D eigenvalue weighted by Crippen LogP contribution is 2.20. The monoisotopic (exact) mass is 273 g/mol. The Morgan fingerprint density at radius 2 is 2.05 bits per heavy atom. The van der Waals surface area contributed by atoms with E-state index in [0.29, 0.717) is 30.9 Å². The molecule has 2 rings (SSSR count). The molecule has 0 saturated carbocycles. The predicted molar refractivity (Wildman–Crippen MR) is 70.8 cm³/mol. The smallest absolute Gasteiger partial charge is 0.312 e. The normalized spacial score (nSPS) is 15.2. The number of carbonyl (C=O) groups excluding carboxylic acids is 2. The van der Waals surface area contributed by atoms with Gasteiger partial charge in [-0.05, 0) is 17.7 Å². The van der Waals surface area contributed by atoms with Crippen LogP contribution in [-0.4, -0.2) is 48.9 Å². The molecule has 1 aromatic carbocycles. The van der Waals surface area contributed by atoms with E-state index in [1.54, 1.807) is 25.2 Å². The lowest BCUT2D eigenvalue weighted by Crippen LogP contribution is -2.52. The number of methoxy groups -OCH3 is 1. The zero-order valence-electron chi connectivity index (χ0n) is 11.4. The van der Waals surface area contributed by atoms with Crippen LogP contribution in [-0.2, 0) is 16.1 Å². The molecule has 0 atom stereocenters. The summed E-state index contributed by atoms with van der Waals surface area (Å²) >= 11 is 0. The zero-order valence-corrected chi connectivity index (χ0v) is 11.4. The molecule has 0 unspecified atom stereocenters. The molecule has 0 bridgehead atoms. The van der Waals surface area contributed by atoms with E-state index in [-0.39, 0.29) is 0 Å². The molecular weight excluding hydrogens is 258 g/mol. The van der Waals surface area contributed by atoms with Crippen LogP contribution in [0.3, 0.4) is 0 Å². The maximum atomic E-state index is 11.9. The fourth-order valence-electron chi connectivity index (χ4n) is 2.08. The van der Waals surface area contributed by atoms with Gasteiger partial charge in [0.25, 0.3) is 0 Å². The average molecular weight is 273 g/mol. The lowest BCUT2D eigenvalue weighted by Gasteiger charge is -2.31. The van der Waals surface area contributed by atoms with E-state index >= 15 is 0 Å². The maximum absolute atomic E-state index is 11.9. The Morgan fingerprint density at radius 1 is 1.30 bits per heavy atom. The van der Waals surface area contributed by atoms with E-state index in [1.807, 2.05) is 6.07 Å². The Balaban J connectivity index is 2.17. The van der Waals surface area contributed by atoms with Gasteiger partial charge in [-0.1, -0.05) is 6.07 Å². The number of carbonyl (C=O) groups is 2. The van der Waals surface area contributed by atoms with Gasteiger partial charge >= 0.3 is 11.8 Å². The van der Waals surface area contributed by atoms with Crippen LogP contribution < -0.4 is 4.74 Å². The van der Waals surface area contributed by atoms with Crippen LogP contribution in [0.1, 0.15) is 11.1 Å². The predicted octanol–water partition coefficient (Wildman–Crippen LogP) is 0.367. The van der Waals surface area contributed by atoms with Crippen molar-refractivity contribution >= 4 is 11.8 Å². The van der Waals surface area contributed by atoms with Crippen molar-refractivity contribution < 1.29 is 14.3 Å². The molecule has 0 N–H and O–H groups in total. The molecule has 0 radical (unpaired) electrons. The van der Waals surface area contributed by atoms with Crippen molar-refractivity contribution in [2.45, 2.75) is 6.54 Å². The number of likely N-dealkylation sites (N-methyl/N-ethyl adjacent to an activating group) is 1. The first-order valence-electron chi connectivity index (χ1n) is 6.18. The Bertz CT molecular complexity index is 592. The third-order valence-electron chi connectivity index (χ3n) is 3.28. The fraction of sp³-hybridized carbons (Fsp3) is 0.357. The number of nitriles is 1. The Hall–Kier alpha value is -2.55. The molecule has 104 valence electrons. The van der Waals surface area contributed by atoms with Crippen molar-refractivity contribution in [2.75, 3.05) is 27.2 Å². The molecule has 1 aliphatic heterocycles. The van der Waals surface area contributed by atoms with Crippen LogP contribution >= 0.6 is 0 Å². The van der Waals surface area contributed by atoms with Crippen LogP contribution in [0.4, 0.5) is 0 Å². The van der Waals surface area contributed by atoms with Crippen molar-refractivity contribution in [1.82, 2.24) is 9.80 Å². The zero-order chi connectivity index (χ0) is 14.7.